The minimum Gasteiger partial charge on any atom is -0.395 e. The molecule has 5 N–H and O–H groups in total. The number of nitrogens with two attached hydrogens (primary N) is 2. The van der Waals surface area contributed by atoms with Crippen LogP contribution in [0.15, 0.2) is 48.5 Å². The Morgan fingerprint density at radius 3 is 2.18 bits per heavy atom. The second-order valence-corrected chi connectivity index (χ2v) is 9.69. The van der Waals surface area contributed by atoms with Gasteiger partial charge in [0.05, 0.1) is 5.69 Å². The second-order valence-electron chi connectivity index (χ2n) is 8.48. The van der Waals surface area contributed by atoms with Gasteiger partial charge in [0.25, 0.3) is 11.8 Å². The summed E-state index contributed by atoms with van der Waals surface area (Å²) in [4.78, 5) is 40.1. The summed E-state index contributed by atoms with van der Waals surface area (Å²) in [5.74, 6) is -2.59. The normalized spacial score (nSPS) is 12.1. The zero-order valence-corrected chi connectivity index (χ0v) is 20.2. The Kier molecular flexibility index (Phi) is 7.23. The van der Waals surface area contributed by atoms with Crippen LogP contribution in [0.5, 0.6) is 0 Å². The topological polar surface area (TPSA) is 131 Å². The number of hydrogen-bond acceptors (Lipinski definition) is 6. The Hall–Kier alpha value is -3.50. The average Bonchev–Trinajstić information content (AvgIpc) is 3.13. The molecule has 0 radical (unpaired) electrons. The summed E-state index contributed by atoms with van der Waals surface area (Å²) in [6.07, 6.45) is 0. The van der Waals surface area contributed by atoms with E-state index in [4.69, 9.17) is 23.1 Å². The average molecular weight is 504 g/mol. The highest BCUT2D eigenvalue weighted by Gasteiger charge is 2.37. The SMILES string of the molecule is CC(C)(C)NC(=O)C(c1ccc(F)cc1)N(C(=O)c1snc(C(N)=O)c1N)c1ccc(Cl)cc1. The molecule has 178 valence electrons. The summed E-state index contributed by atoms with van der Waals surface area (Å²) in [7, 11) is 0. The fourth-order valence-electron chi connectivity index (χ4n) is 3.22. The smallest absolute Gasteiger partial charge is 0.273 e. The molecule has 3 amide bonds. The van der Waals surface area contributed by atoms with E-state index in [1.54, 1.807) is 45.0 Å². The number of anilines is 2. The number of carbonyl (C=O) groups excluding carboxylic acids is 3. The molecular weight excluding hydrogens is 481 g/mol. The molecule has 0 saturated heterocycles. The lowest BCUT2D eigenvalue weighted by Crippen LogP contribution is -2.49. The summed E-state index contributed by atoms with van der Waals surface area (Å²) < 4.78 is 17.6. The molecule has 0 aliphatic rings. The van der Waals surface area contributed by atoms with E-state index < -0.39 is 35.1 Å². The molecule has 2 aromatic carbocycles. The van der Waals surface area contributed by atoms with Crippen molar-refractivity contribution in [3.63, 3.8) is 0 Å². The first-order valence-corrected chi connectivity index (χ1v) is 11.3. The van der Waals surface area contributed by atoms with Gasteiger partial charge in [-0.1, -0.05) is 23.7 Å². The highest BCUT2D eigenvalue weighted by atomic mass is 35.5. The van der Waals surface area contributed by atoms with Crippen molar-refractivity contribution in [2.24, 2.45) is 5.73 Å². The molecular formula is C23H23ClFN5O3S. The minimum absolute atomic E-state index is 0.0700. The molecule has 3 aromatic rings. The Labute approximate surface area is 204 Å². The molecule has 0 bridgehead atoms. The third kappa shape index (κ3) is 5.52. The number of amides is 3. The number of nitrogen functional groups attached to an aromatic ring is 1. The van der Waals surface area contributed by atoms with Crippen LogP contribution < -0.4 is 21.7 Å². The molecule has 0 saturated carbocycles. The number of hydrogen-bond donors (Lipinski definition) is 3. The number of benzene rings is 2. The van der Waals surface area contributed by atoms with E-state index in [1.165, 1.54) is 29.2 Å². The van der Waals surface area contributed by atoms with Crippen molar-refractivity contribution in [1.29, 1.82) is 0 Å². The number of nitrogens with one attached hydrogen (secondary N) is 1. The maximum absolute atomic E-state index is 13.8. The molecule has 8 nitrogen and oxygen atoms in total. The predicted octanol–water partition coefficient (Wildman–Crippen LogP) is 3.92. The van der Waals surface area contributed by atoms with Crippen LogP contribution in [0, 0.1) is 5.82 Å². The number of primary amides is 1. The van der Waals surface area contributed by atoms with Gasteiger partial charge in [-0.15, -0.1) is 0 Å². The van der Waals surface area contributed by atoms with Gasteiger partial charge < -0.3 is 16.8 Å². The minimum atomic E-state index is -1.22. The monoisotopic (exact) mass is 503 g/mol. The molecule has 1 unspecified atom stereocenters. The highest BCUT2D eigenvalue weighted by Crippen LogP contribution is 2.34. The van der Waals surface area contributed by atoms with E-state index in [0.717, 1.165) is 0 Å². The van der Waals surface area contributed by atoms with Gasteiger partial charge in [-0.3, -0.25) is 19.3 Å². The summed E-state index contributed by atoms with van der Waals surface area (Å²) in [5, 5.41) is 3.29. The lowest BCUT2D eigenvalue weighted by atomic mass is 10.0. The summed E-state index contributed by atoms with van der Waals surface area (Å²) >= 11 is 6.73. The fourth-order valence-corrected chi connectivity index (χ4v) is 4.09. The van der Waals surface area contributed by atoms with E-state index in [1.807, 2.05) is 0 Å². The standard InChI is InChI=1S/C23H23ClFN5O3S/c1-23(2,3)28-21(32)18(12-4-8-14(25)9-5-12)30(15-10-6-13(24)7-11-15)22(33)19-16(26)17(20(27)31)29-34-19/h4-11,18H,26H2,1-3H3,(H2,27,31)(H,28,32). The van der Waals surface area contributed by atoms with Gasteiger partial charge in [0.2, 0.25) is 5.91 Å². The first-order valence-electron chi connectivity index (χ1n) is 10.1. The predicted molar refractivity (Wildman–Crippen MR) is 130 cm³/mol. The summed E-state index contributed by atoms with van der Waals surface area (Å²) in [5.41, 5.74) is 10.9. The maximum atomic E-state index is 13.8. The molecule has 1 heterocycles. The van der Waals surface area contributed by atoms with Crippen molar-refractivity contribution < 1.29 is 18.8 Å². The third-order valence-electron chi connectivity index (χ3n) is 4.67. The number of halogens is 2. The van der Waals surface area contributed by atoms with Crippen LogP contribution in [0.1, 0.15) is 52.5 Å². The largest absolute Gasteiger partial charge is 0.395 e. The molecule has 11 heteroatoms. The van der Waals surface area contributed by atoms with E-state index in [9.17, 15) is 18.8 Å². The van der Waals surface area contributed by atoms with E-state index in [2.05, 4.69) is 9.69 Å². The summed E-state index contributed by atoms with van der Waals surface area (Å²) in [6, 6.07) is 10.3. The van der Waals surface area contributed by atoms with Crippen LogP contribution in [0.25, 0.3) is 0 Å². The van der Waals surface area contributed by atoms with Gasteiger partial charge >= 0.3 is 0 Å². The lowest BCUT2D eigenvalue weighted by Gasteiger charge is -2.33. The van der Waals surface area contributed by atoms with Gasteiger partial charge in [0, 0.05) is 16.2 Å². The molecule has 0 spiro atoms. The quantitative estimate of drug-likeness (QED) is 0.469. The van der Waals surface area contributed by atoms with Crippen molar-refractivity contribution >= 4 is 52.2 Å². The lowest BCUT2D eigenvalue weighted by molar-refractivity contribution is -0.123. The molecule has 0 aliphatic heterocycles. The van der Waals surface area contributed by atoms with Crippen molar-refractivity contribution in [2.75, 3.05) is 10.6 Å². The van der Waals surface area contributed by atoms with Crippen LogP contribution >= 0.6 is 23.1 Å². The molecule has 34 heavy (non-hydrogen) atoms. The van der Waals surface area contributed by atoms with Gasteiger partial charge in [-0.2, -0.15) is 4.37 Å². The zero-order valence-electron chi connectivity index (χ0n) is 18.6. The Bertz CT molecular complexity index is 1220. The van der Waals surface area contributed by atoms with E-state index >= 15 is 0 Å². The van der Waals surface area contributed by atoms with Crippen molar-refractivity contribution in [2.45, 2.75) is 32.4 Å². The first-order chi connectivity index (χ1) is 15.9. The van der Waals surface area contributed by atoms with Crippen LogP contribution in [0.2, 0.25) is 5.02 Å². The van der Waals surface area contributed by atoms with Crippen LogP contribution in [0.4, 0.5) is 15.8 Å². The van der Waals surface area contributed by atoms with E-state index in [0.29, 0.717) is 27.8 Å². The molecule has 1 aromatic heterocycles. The van der Waals surface area contributed by atoms with Crippen LogP contribution in [0.3, 0.4) is 0 Å². The summed E-state index contributed by atoms with van der Waals surface area (Å²) in [6.45, 7) is 5.38. The number of rotatable bonds is 6. The van der Waals surface area contributed by atoms with Gasteiger partial charge in [-0.05, 0) is 74.3 Å². The molecule has 3 rings (SSSR count). The zero-order chi connectivity index (χ0) is 25.2. The fraction of sp³-hybridized carbons (Fsp3) is 0.217. The Morgan fingerprint density at radius 2 is 1.68 bits per heavy atom. The highest BCUT2D eigenvalue weighted by molar-refractivity contribution is 7.09. The number of carbonyl (C=O) groups is 3. The Balaban J connectivity index is 2.22. The van der Waals surface area contributed by atoms with Gasteiger partial charge in [0.1, 0.15) is 16.7 Å². The first kappa shape index (κ1) is 25.1. The molecule has 0 fully saturated rings. The number of aromatic nitrogens is 1. The van der Waals surface area contributed by atoms with Crippen molar-refractivity contribution in [3.8, 4) is 0 Å². The third-order valence-corrected chi connectivity index (χ3v) is 5.77. The van der Waals surface area contributed by atoms with E-state index in [-0.39, 0.29) is 16.3 Å². The van der Waals surface area contributed by atoms with Crippen LogP contribution in [-0.2, 0) is 4.79 Å². The second kappa shape index (κ2) is 9.78. The van der Waals surface area contributed by atoms with Gasteiger partial charge in [0.15, 0.2) is 5.69 Å². The van der Waals surface area contributed by atoms with Crippen LogP contribution in [-0.4, -0.2) is 27.6 Å². The Morgan fingerprint density at radius 1 is 1.09 bits per heavy atom. The number of nitrogens with zero attached hydrogens (tertiary/aromatic N) is 2. The molecule has 0 aliphatic carbocycles. The molecule has 1 atom stereocenters. The maximum Gasteiger partial charge on any atom is 0.273 e. The van der Waals surface area contributed by atoms with Gasteiger partial charge in [-0.25, -0.2) is 4.39 Å². The van der Waals surface area contributed by atoms with Crippen molar-refractivity contribution in [1.82, 2.24) is 9.69 Å². The van der Waals surface area contributed by atoms with Crippen molar-refractivity contribution in [3.05, 3.63) is 75.5 Å².